The van der Waals surface area contributed by atoms with Gasteiger partial charge in [0.05, 0.1) is 22.8 Å². The fourth-order valence-electron chi connectivity index (χ4n) is 2.17. The second kappa shape index (κ2) is 5.00. The van der Waals surface area contributed by atoms with Gasteiger partial charge in [0.25, 0.3) is 0 Å². The first-order valence-corrected chi connectivity index (χ1v) is 6.42. The van der Waals surface area contributed by atoms with Crippen LogP contribution >= 0.6 is 11.6 Å². The van der Waals surface area contributed by atoms with Crippen molar-refractivity contribution >= 4 is 22.5 Å². The largest absolute Gasteiger partial charge is 0.392 e. The molecule has 0 amide bonds. The van der Waals surface area contributed by atoms with Crippen molar-refractivity contribution in [2.75, 3.05) is 0 Å². The molecule has 0 aliphatic heterocycles. The van der Waals surface area contributed by atoms with Crippen LogP contribution in [0.1, 0.15) is 5.56 Å². The third kappa shape index (κ3) is 2.21. The van der Waals surface area contributed by atoms with Gasteiger partial charge in [0.1, 0.15) is 0 Å². The van der Waals surface area contributed by atoms with Crippen LogP contribution < -0.4 is 0 Å². The Hall–Kier alpha value is -1.90. The van der Waals surface area contributed by atoms with E-state index in [0.29, 0.717) is 5.02 Å². The van der Waals surface area contributed by atoms with E-state index in [1.54, 1.807) is 0 Å². The number of pyridine rings is 1. The third-order valence-electron chi connectivity index (χ3n) is 3.09. The van der Waals surface area contributed by atoms with E-state index in [-0.39, 0.29) is 6.61 Å². The van der Waals surface area contributed by atoms with Crippen molar-refractivity contribution < 1.29 is 5.11 Å². The fraction of sp³-hybridized carbons (Fsp3) is 0.0625. The Morgan fingerprint density at radius 3 is 2.53 bits per heavy atom. The number of hydrogen-bond donors (Lipinski definition) is 1. The predicted octanol–water partition coefficient (Wildman–Crippen LogP) is 4.05. The molecule has 0 radical (unpaired) electrons. The molecule has 0 atom stereocenters. The van der Waals surface area contributed by atoms with Crippen molar-refractivity contribution in [3.8, 4) is 11.3 Å². The summed E-state index contributed by atoms with van der Waals surface area (Å²) in [6, 6.07) is 17.4. The summed E-state index contributed by atoms with van der Waals surface area (Å²) < 4.78 is 0. The lowest BCUT2D eigenvalue weighted by molar-refractivity contribution is 0.282. The molecule has 19 heavy (non-hydrogen) atoms. The monoisotopic (exact) mass is 269 g/mol. The molecule has 0 saturated carbocycles. The molecule has 1 heterocycles. The first-order chi connectivity index (χ1) is 9.29. The summed E-state index contributed by atoms with van der Waals surface area (Å²) >= 11 is 6.19. The molecular formula is C16H12ClNO. The van der Waals surface area contributed by atoms with Gasteiger partial charge in [0.2, 0.25) is 0 Å². The summed E-state index contributed by atoms with van der Waals surface area (Å²) in [4.78, 5) is 4.62. The van der Waals surface area contributed by atoms with Crippen LogP contribution in [0.3, 0.4) is 0 Å². The van der Waals surface area contributed by atoms with E-state index in [1.165, 1.54) is 0 Å². The first kappa shape index (κ1) is 12.2. The summed E-state index contributed by atoms with van der Waals surface area (Å²) in [5, 5.41) is 11.1. The number of rotatable bonds is 2. The zero-order chi connectivity index (χ0) is 13.2. The number of halogens is 1. The van der Waals surface area contributed by atoms with Crippen LogP contribution in [-0.2, 0) is 6.61 Å². The smallest absolute Gasteiger partial charge is 0.0895 e. The van der Waals surface area contributed by atoms with E-state index >= 15 is 0 Å². The number of aromatic nitrogens is 1. The highest BCUT2D eigenvalue weighted by molar-refractivity contribution is 6.35. The van der Waals surface area contributed by atoms with Crippen molar-refractivity contribution in [2.24, 2.45) is 0 Å². The van der Waals surface area contributed by atoms with Crippen LogP contribution in [0.25, 0.3) is 22.2 Å². The van der Waals surface area contributed by atoms with Gasteiger partial charge in [0.15, 0.2) is 0 Å². The first-order valence-electron chi connectivity index (χ1n) is 6.04. The average Bonchev–Trinajstić information content (AvgIpc) is 2.47. The van der Waals surface area contributed by atoms with Crippen LogP contribution in [0.15, 0.2) is 54.6 Å². The topological polar surface area (TPSA) is 33.1 Å². The minimum atomic E-state index is -0.0420. The second-order valence-electron chi connectivity index (χ2n) is 4.33. The van der Waals surface area contributed by atoms with Gasteiger partial charge >= 0.3 is 0 Å². The van der Waals surface area contributed by atoms with Gasteiger partial charge in [0, 0.05) is 16.5 Å². The normalized spacial score (nSPS) is 10.8. The van der Waals surface area contributed by atoms with E-state index in [4.69, 9.17) is 11.6 Å². The molecule has 3 aromatic rings. The van der Waals surface area contributed by atoms with Crippen molar-refractivity contribution in [1.29, 1.82) is 0 Å². The Labute approximate surface area is 116 Å². The van der Waals surface area contributed by atoms with Crippen molar-refractivity contribution in [1.82, 2.24) is 4.98 Å². The maximum absolute atomic E-state index is 9.54. The molecule has 3 heteroatoms. The van der Waals surface area contributed by atoms with E-state index in [1.807, 2.05) is 54.6 Å². The Morgan fingerprint density at radius 2 is 1.79 bits per heavy atom. The molecule has 2 aromatic carbocycles. The van der Waals surface area contributed by atoms with Crippen LogP contribution in [0.2, 0.25) is 5.02 Å². The Morgan fingerprint density at radius 1 is 1.00 bits per heavy atom. The summed E-state index contributed by atoms with van der Waals surface area (Å²) in [5.74, 6) is 0. The highest BCUT2D eigenvalue weighted by Crippen LogP contribution is 2.29. The molecule has 2 nitrogen and oxygen atoms in total. The quantitative estimate of drug-likeness (QED) is 0.761. The van der Waals surface area contributed by atoms with E-state index < -0.39 is 0 Å². The van der Waals surface area contributed by atoms with Gasteiger partial charge < -0.3 is 5.11 Å². The summed E-state index contributed by atoms with van der Waals surface area (Å²) in [7, 11) is 0. The van der Waals surface area contributed by atoms with Gasteiger partial charge in [-0.1, -0.05) is 54.1 Å². The van der Waals surface area contributed by atoms with Gasteiger partial charge in [-0.05, 0) is 12.1 Å². The van der Waals surface area contributed by atoms with Crippen LogP contribution in [0.4, 0.5) is 0 Å². The molecule has 0 bridgehead atoms. The fourth-order valence-corrected chi connectivity index (χ4v) is 2.40. The van der Waals surface area contributed by atoms with Gasteiger partial charge in [-0.25, -0.2) is 4.98 Å². The lowest BCUT2D eigenvalue weighted by Gasteiger charge is -2.09. The number of fused-ring (bicyclic) bond motifs is 1. The average molecular weight is 270 g/mol. The van der Waals surface area contributed by atoms with Crippen molar-refractivity contribution in [3.63, 3.8) is 0 Å². The number of hydrogen-bond acceptors (Lipinski definition) is 2. The molecule has 1 aromatic heterocycles. The molecule has 3 rings (SSSR count). The Balaban J connectivity index is 2.32. The Bertz CT molecular complexity index is 725. The molecule has 0 saturated heterocycles. The minimum Gasteiger partial charge on any atom is -0.392 e. The van der Waals surface area contributed by atoms with Crippen LogP contribution in [-0.4, -0.2) is 10.1 Å². The number of benzene rings is 2. The lowest BCUT2D eigenvalue weighted by Crippen LogP contribution is -1.94. The maximum atomic E-state index is 9.54. The molecule has 0 aliphatic carbocycles. The number of aliphatic hydroxyl groups is 1. The summed E-state index contributed by atoms with van der Waals surface area (Å²) in [6.45, 7) is -0.0420. The van der Waals surface area contributed by atoms with Crippen LogP contribution in [0, 0.1) is 0 Å². The zero-order valence-electron chi connectivity index (χ0n) is 10.2. The third-order valence-corrected chi connectivity index (χ3v) is 3.40. The molecule has 0 fully saturated rings. The SMILES string of the molecule is OCc1cc2cccc(Cl)c2nc1-c1ccccc1. The van der Waals surface area contributed by atoms with E-state index in [2.05, 4.69) is 4.98 Å². The molecule has 1 N–H and O–H groups in total. The van der Waals surface area contributed by atoms with Crippen LogP contribution in [0.5, 0.6) is 0 Å². The zero-order valence-corrected chi connectivity index (χ0v) is 10.9. The highest BCUT2D eigenvalue weighted by atomic mass is 35.5. The summed E-state index contributed by atoms with van der Waals surface area (Å²) in [5.41, 5.74) is 3.33. The van der Waals surface area contributed by atoms with E-state index in [0.717, 1.165) is 27.7 Å². The van der Waals surface area contributed by atoms with E-state index in [9.17, 15) is 5.11 Å². The standard InChI is InChI=1S/C16H12ClNO/c17-14-8-4-7-12-9-13(10-19)15(18-16(12)14)11-5-2-1-3-6-11/h1-9,19H,10H2. The van der Waals surface area contributed by atoms with Gasteiger partial charge in [-0.15, -0.1) is 0 Å². The lowest BCUT2D eigenvalue weighted by atomic mass is 10.0. The Kier molecular flexibility index (Phi) is 3.20. The summed E-state index contributed by atoms with van der Waals surface area (Å²) in [6.07, 6.45) is 0. The molecule has 0 unspecified atom stereocenters. The number of para-hydroxylation sites is 1. The molecule has 0 spiro atoms. The molecule has 0 aliphatic rings. The predicted molar refractivity (Wildman–Crippen MR) is 78.1 cm³/mol. The number of aliphatic hydroxyl groups excluding tert-OH is 1. The minimum absolute atomic E-state index is 0.0420. The van der Waals surface area contributed by atoms with Crippen molar-refractivity contribution in [3.05, 3.63) is 65.2 Å². The molecule has 94 valence electrons. The maximum Gasteiger partial charge on any atom is 0.0895 e. The molecular weight excluding hydrogens is 258 g/mol. The highest BCUT2D eigenvalue weighted by Gasteiger charge is 2.10. The second-order valence-corrected chi connectivity index (χ2v) is 4.74. The van der Waals surface area contributed by atoms with Gasteiger partial charge in [-0.3, -0.25) is 0 Å². The van der Waals surface area contributed by atoms with Crippen molar-refractivity contribution in [2.45, 2.75) is 6.61 Å². The number of nitrogens with zero attached hydrogens (tertiary/aromatic N) is 1. The van der Waals surface area contributed by atoms with Gasteiger partial charge in [-0.2, -0.15) is 0 Å².